The molecule has 1 aromatic heterocycles. The average Bonchev–Trinajstić information content (AvgIpc) is 2.77. The van der Waals surface area contributed by atoms with Gasteiger partial charge in [-0.2, -0.15) is 5.10 Å². The first-order chi connectivity index (χ1) is 9.15. The van der Waals surface area contributed by atoms with Crippen LogP contribution in [0, 0.1) is 0 Å². The van der Waals surface area contributed by atoms with Gasteiger partial charge in [0.25, 0.3) is 0 Å². The van der Waals surface area contributed by atoms with Gasteiger partial charge in [0.05, 0.1) is 12.2 Å². The molecule has 4 nitrogen and oxygen atoms in total. The SMILES string of the molecule is Cn1cc(-c2cccc3c2CC(=O)C(N)CC3)cn1. The van der Waals surface area contributed by atoms with Crippen LogP contribution in [0.15, 0.2) is 30.6 Å². The quantitative estimate of drug-likeness (QED) is 0.785. The molecule has 0 fully saturated rings. The van der Waals surface area contributed by atoms with Crippen LogP contribution in [-0.4, -0.2) is 21.6 Å². The molecule has 1 aliphatic carbocycles. The van der Waals surface area contributed by atoms with Crippen LogP contribution in [0.2, 0.25) is 0 Å². The number of carbonyl (C=O) groups excluding carboxylic acids is 1. The predicted molar refractivity (Wildman–Crippen MR) is 73.7 cm³/mol. The van der Waals surface area contributed by atoms with Crippen LogP contribution in [0.25, 0.3) is 11.1 Å². The Morgan fingerprint density at radius 3 is 3.00 bits per heavy atom. The summed E-state index contributed by atoms with van der Waals surface area (Å²) >= 11 is 0. The number of fused-ring (bicyclic) bond motifs is 1. The minimum Gasteiger partial charge on any atom is -0.321 e. The summed E-state index contributed by atoms with van der Waals surface area (Å²) in [6.07, 6.45) is 5.86. The van der Waals surface area contributed by atoms with Gasteiger partial charge in [-0.1, -0.05) is 18.2 Å². The number of aryl methyl sites for hydroxylation is 2. The highest BCUT2D eigenvalue weighted by atomic mass is 16.1. The van der Waals surface area contributed by atoms with E-state index in [1.165, 1.54) is 5.56 Å². The second kappa shape index (κ2) is 4.63. The molecular weight excluding hydrogens is 238 g/mol. The highest BCUT2D eigenvalue weighted by Crippen LogP contribution is 2.29. The number of rotatable bonds is 1. The van der Waals surface area contributed by atoms with Crippen LogP contribution in [0.5, 0.6) is 0 Å². The van der Waals surface area contributed by atoms with E-state index in [1.54, 1.807) is 4.68 Å². The maximum Gasteiger partial charge on any atom is 0.153 e. The van der Waals surface area contributed by atoms with E-state index in [9.17, 15) is 4.79 Å². The third-order valence-corrected chi connectivity index (χ3v) is 3.78. The van der Waals surface area contributed by atoms with Crippen LogP contribution >= 0.6 is 0 Å². The summed E-state index contributed by atoms with van der Waals surface area (Å²) < 4.78 is 1.78. The summed E-state index contributed by atoms with van der Waals surface area (Å²) in [6.45, 7) is 0. The molecule has 0 saturated carbocycles. The zero-order valence-corrected chi connectivity index (χ0v) is 11.0. The smallest absolute Gasteiger partial charge is 0.153 e. The lowest BCUT2D eigenvalue weighted by Gasteiger charge is -2.10. The molecule has 1 atom stereocenters. The summed E-state index contributed by atoms with van der Waals surface area (Å²) in [7, 11) is 1.90. The average molecular weight is 255 g/mol. The first kappa shape index (κ1) is 12.1. The van der Waals surface area contributed by atoms with Crippen molar-refractivity contribution in [1.29, 1.82) is 0 Å². The number of carbonyl (C=O) groups is 1. The van der Waals surface area contributed by atoms with Crippen molar-refractivity contribution in [3.63, 3.8) is 0 Å². The Balaban J connectivity index is 2.11. The molecule has 1 aromatic carbocycles. The molecule has 1 unspecified atom stereocenters. The van der Waals surface area contributed by atoms with Crippen molar-refractivity contribution in [3.05, 3.63) is 41.7 Å². The van der Waals surface area contributed by atoms with Gasteiger partial charge in [-0.3, -0.25) is 9.48 Å². The largest absolute Gasteiger partial charge is 0.321 e. The number of nitrogens with two attached hydrogens (primary N) is 1. The van der Waals surface area contributed by atoms with Gasteiger partial charge < -0.3 is 5.73 Å². The fraction of sp³-hybridized carbons (Fsp3) is 0.333. The van der Waals surface area contributed by atoms with Gasteiger partial charge in [0.2, 0.25) is 0 Å². The maximum absolute atomic E-state index is 12.0. The molecule has 0 spiro atoms. The van der Waals surface area contributed by atoms with Gasteiger partial charge in [0, 0.05) is 25.2 Å². The van der Waals surface area contributed by atoms with Gasteiger partial charge in [-0.05, 0) is 29.5 Å². The van der Waals surface area contributed by atoms with Gasteiger partial charge >= 0.3 is 0 Å². The van der Waals surface area contributed by atoms with Crippen molar-refractivity contribution in [2.24, 2.45) is 12.8 Å². The first-order valence-electron chi connectivity index (χ1n) is 6.53. The molecule has 0 saturated heterocycles. The number of Topliss-reactive ketones (excluding diaryl/α,β-unsaturated/α-hetero) is 1. The second-order valence-corrected chi connectivity index (χ2v) is 5.13. The standard InChI is InChI=1S/C15H17N3O/c1-18-9-11(8-17-18)12-4-2-3-10-5-6-14(16)15(19)7-13(10)12/h2-4,8-9,14H,5-7,16H2,1H3. The third-order valence-electron chi connectivity index (χ3n) is 3.78. The Morgan fingerprint density at radius 1 is 1.42 bits per heavy atom. The zero-order chi connectivity index (χ0) is 13.4. The highest BCUT2D eigenvalue weighted by molar-refractivity contribution is 5.89. The molecule has 4 heteroatoms. The molecule has 3 rings (SSSR count). The molecular formula is C15H17N3O. The maximum atomic E-state index is 12.0. The van der Waals surface area contributed by atoms with E-state index < -0.39 is 0 Å². The van der Waals surface area contributed by atoms with Crippen molar-refractivity contribution in [2.45, 2.75) is 25.3 Å². The van der Waals surface area contributed by atoms with Crippen LogP contribution in [0.4, 0.5) is 0 Å². The molecule has 1 heterocycles. The normalized spacial score (nSPS) is 19.1. The first-order valence-corrected chi connectivity index (χ1v) is 6.53. The molecule has 1 aliphatic rings. The monoisotopic (exact) mass is 255 g/mol. The summed E-state index contributed by atoms with van der Waals surface area (Å²) in [6, 6.07) is 5.87. The topological polar surface area (TPSA) is 60.9 Å². The van der Waals surface area contributed by atoms with Crippen molar-refractivity contribution >= 4 is 5.78 Å². The van der Waals surface area contributed by atoms with Gasteiger partial charge in [-0.15, -0.1) is 0 Å². The zero-order valence-electron chi connectivity index (χ0n) is 11.0. The number of hydrogen-bond acceptors (Lipinski definition) is 3. The Bertz CT molecular complexity index is 630. The van der Waals surface area contributed by atoms with Crippen LogP contribution in [0.3, 0.4) is 0 Å². The van der Waals surface area contributed by atoms with Crippen LogP contribution < -0.4 is 5.73 Å². The molecule has 0 aliphatic heterocycles. The Kier molecular flexibility index (Phi) is 2.95. The molecule has 2 N–H and O–H groups in total. The van der Waals surface area contributed by atoms with Crippen molar-refractivity contribution in [2.75, 3.05) is 0 Å². The molecule has 0 radical (unpaired) electrons. The van der Waals surface area contributed by atoms with Crippen molar-refractivity contribution < 1.29 is 4.79 Å². The van der Waals surface area contributed by atoms with E-state index in [4.69, 9.17) is 5.73 Å². The minimum absolute atomic E-state index is 0.134. The highest BCUT2D eigenvalue weighted by Gasteiger charge is 2.23. The van der Waals surface area contributed by atoms with Crippen LogP contribution in [-0.2, 0) is 24.7 Å². The van der Waals surface area contributed by atoms with Gasteiger partial charge in [0.1, 0.15) is 0 Å². The summed E-state index contributed by atoms with van der Waals surface area (Å²) in [5.41, 5.74) is 10.4. The third kappa shape index (κ3) is 2.19. The van der Waals surface area contributed by atoms with Gasteiger partial charge in [-0.25, -0.2) is 0 Å². The molecule has 2 aromatic rings. The summed E-state index contributed by atoms with van der Waals surface area (Å²) in [5.74, 6) is 0.134. The van der Waals surface area contributed by atoms with Gasteiger partial charge in [0.15, 0.2) is 5.78 Å². The number of hydrogen-bond donors (Lipinski definition) is 1. The summed E-state index contributed by atoms with van der Waals surface area (Å²) in [4.78, 5) is 12.0. The molecule has 19 heavy (non-hydrogen) atoms. The second-order valence-electron chi connectivity index (χ2n) is 5.13. The van der Waals surface area contributed by atoms with Crippen molar-refractivity contribution in [1.82, 2.24) is 9.78 Å². The summed E-state index contributed by atoms with van der Waals surface area (Å²) in [5, 5.41) is 4.21. The number of aromatic nitrogens is 2. The fourth-order valence-electron chi connectivity index (χ4n) is 2.69. The Labute approximate surface area is 112 Å². The molecule has 0 amide bonds. The molecule has 98 valence electrons. The lowest BCUT2D eigenvalue weighted by atomic mass is 9.94. The number of nitrogens with zero attached hydrogens (tertiary/aromatic N) is 2. The fourth-order valence-corrected chi connectivity index (χ4v) is 2.69. The van der Waals surface area contributed by atoms with E-state index in [2.05, 4.69) is 17.2 Å². The minimum atomic E-state index is -0.325. The van der Waals surface area contributed by atoms with E-state index >= 15 is 0 Å². The van der Waals surface area contributed by atoms with E-state index in [1.807, 2.05) is 25.5 Å². The van der Waals surface area contributed by atoms with E-state index in [0.717, 1.165) is 29.5 Å². The van der Waals surface area contributed by atoms with Crippen molar-refractivity contribution in [3.8, 4) is 11.1 Å². The lowest BCUT2D eigenvalue weighted by Crippen LogP contribution is -2.30. The lowest BCUT2D eigenvalue weighted by molar-refractivity contribution is -0.119. The van der Waals surface area contributed by atoms with E-state index in [-0.39, 0.29) is 11.8 Å². The number of ketones is 1. The Hall–Kier alpha value is -1.94. The van der Waals surface area contributed by atoms with E-state index in [0.29, 0.717) is 6.42 Å². The Morgan fingerprint density at radius 2 is 2.26 bits per heavy atom. The number of benzene rings is 1. The van der Waals surface area contributed by atoms with Crippen LogP contribution in [0.1, 0.15) is 17.5 Å². The molecule has 0 bridgehead atoms. The predicted octanol–water partition coefficient (Wildman–Crippen LogP) is 1.47.